The summed E-state index contributed by atoms with van der Waals surface area (Å²) in [6, 6.07) is 14.7. The lowest BCUT2D eigenvalue weighted by Crippen LogP contribution is -2.13. The number of aromatic nitrogens is 2. The van der Waals surface area contributed by atoms with Crippen molar-refractivity contribution in [3.05, 3.63) is 66.5 Å². The minimum atomic E-state index is -3.24. The summed E-state index contributed by atoms with van der Waals surface area (Å²) in [4.78, 5) is 23.5. The minimum absolute atomic E-state index is 0.154. The molecule has 0 unspecified atom stereocenters. The molecule has 0 saturated heterocycles. The lowest BCUT2D eigenvalue weighted by molar-refractivity contribution is -0.116. The van der Waals surface area contributed by atoms with Crippen LogP contribution in [0.1, 0.15) is 23.3 Å². The number of ether oxygens (including phenoxy) is 1. The Labute approximate surface area is 179 Å². The number of anilines is 1. The Morgan fingerprint density at radius 3 is 2.32 bits per heavy atom. The van der Waals surface area contributed by atoms with Gasteiger partial charge in [-0.15, -0.1) is 0 Å². The molecular weight excluding hydrogens is 420 g/mol. The Balaban J connectivity index is 1.43. The number of primary amides is 1. The molecule has 3 rings (SSSR count). The zero-order valence-corrected chi connectivity index (χ0v) is 17.6. The van der Waals surface area contributed by atoms with Crippen molar-refractivity contribution < 1.29 is 22.7 Å². The maximum atomic E-state index is 12.1. The van der Waals surface area contributed by atoms with Crippen molar-refractivity contribution in [2.75, 3.05) is 18.2 Å². The van der Waals surface area contributed by atoms with E-state index in [1.54, 1.807) is 42.6 Å². The van der Waals surface area contributed by atoms with Crippen molar-refractivity contribution in [2.24, 2.45) is 5.73 Å². The first-order valence-electron chi connectivity index (χ1n) is 9.41. The van der Waals surface area contributed by atoms with Crippen LogP contribution in [0.3, 0.4) is 0 Å². The van der Waals surface area contributed by atoms with Gasteiger partial charge in [0.1, 0.15) is 11.4 Å². The normalized spacial score (nSPS) is 11.1. The van der Waals surface area contributed by atoms with Crippen molar-refractivity contribution in [3.8, 4) is 11.4 Å². The standard InChI is InChI=1S/C21H22N4O5S/c1-31(28,29)18-10-8-17(9-11-18)30-14-2-3-20(26)23-15-4-6-16(7-5-15)25-13-12-19(24-25)21(22)27/h4-13H,2-3,14H2,1H3,(H2,22,27)(H,23,26). The van der Waals surface area contributed by atoms with Gasteiger partial charge in [0.05, 0.1) is 17.2 Å². The molecule has 3 aromatic rings. The number of nitrogens with one attached hydrogen (secondary N) is 1. The maximum Gasteiger partial charge on any atom is 0.269 e. The van der Waals surface area contributed by atoms with Crippen LogP contribution in [0, 0.1) is 0 Å². The number of nitrogens with two attached hydrogens (primary N) is 1. The van der Waals surface area contributed by atoms with Gasteiger partial charge in [0, 0.05) is 24.6 Å². The van der Waals surface area contributed by atoms with E-state index in [2.05, 4.69) is 10.4 Å². The molecule has 2 amide bonds. The largest absolute Gasteiger partial charge is 0.494 e. The highest BCUT2D eigenvalue weighted by Gasteiger charge is 2.08. The highest BCUT2D eigenvalue weighted by Crippen LogP contribution is 2.17. The lowest BCUT2D eigenvalue weighted by Gasteiger charge is -2.08. The SMILES string of the molecule is CS(=O)(=O)c1ccc(OCCCC(=O)Nc2ccc(-n3ccc(C(N)=O)n3)cc2)cc1. The molecule has 0 atom stereocenters. The summed E-state index contributed by atoms with van der Waals surface area (Å²) in [5.74, 6) is -0.210. The van der Waals surface area contributed by atoms with Gasteiger partial charge in [-0.25, -0.2) is 13.1 Å². The summed E-state index contributed by atoms with van der Waals surface area (Å²) in [5, 5.41) is 6.88. The van der Waals surface area contributed by atoms with Crippen molar-refractivity contribution in [2.45, 2.75) is 17.7 Å². The van der Waals surface area contributed by atoms with E-state index in [0.29, 0.717) is 24.5 Å². The average Bonchev–Trinajstić information content (AvgIpc) is 3.22. The van der Waals surface area contributed by atoms with Gasteiger partial charge in [0.15, 0.2) is 9.84 Å². The number of hydrogen-bond acceptors (Lipinski definition) is 6. The molecule has 0 aliphatic carbocycles. The highest BCUT2D eigenvalue weighted by atomic mass is 32.2. The van der Waals surface area contributed by atoms with Gasteiger partial charge in [0.2, 0.25) is 5.91 Å². The molecule has 9 nitrogen and oxygen atoms in total. The van der Waals surface area contributed by atoms with Gasteiger partial charge in [-0.3, -0.25) is 9.59 Å². The molecular formula is C21H22N4O5S. The van der Waals surface area contributed by atoms with Gasteiger partial charge in [-0.2, -0.15) is 5.10 Å². The quantitative estimate of drug-likeness (QED) is 0.488. The van der Waals surface area contributed by atoms with Gasteiger partial charge in [0.25, 0.3) is 5.91 Å². The number of benzene rings is 2. The second-order valence-electron chi connectivity index (χ2n) is 6.80. The van der Waals surface area contributed by atoms with Crippen molar-refractivity contribution >= 4 is 27.3 Å². The number of carbonyl (C=O) groups is 2. The summed E-state index contributed by atoms with van der Waals surface area (Å²) in [6.45, 7) is 0.325. The Kier molecular flexibility index (Phi) is 6.71. The molecule has 0 bridgehead atoms. The first-order valence-corrected chi connectivity index (χ1v) is 11.3. The molecule has 3 N–H and O–H groups in total. The van der Waals surface area contributed by atoms with E-state index in [1.165, 1.54) is 22.9 Å². The van der Waals surface area contributed by atoms with E-state index in [4.69, 9.17) is 10.5 Å². The molecule has 0 fully saturated rings. The predicted octanol–water partition coefficient (Wildman–Crippen LogP) is 2.17. The molecule has 2 aromatic carbocycles. The van der Waals surface area contributed by atoms with Gasteiger partial charge in [-0.05, 0) is 61.0 Å². The van der Waals surface area contributed by atoms with Crippen molar-refractivity contribution in [3.63, 3.8) is 0 Å². The van der Waals surface area contributed by atoms with E-state index in [0.717, 1.165) is 11.9 Å². The Bertz CT molecular complexity index is 1170. The fraction of sp³-hybridized carbons (Fsp3) is 0.190. The van der Waals surface area contributed by atoms with Crippen molar-refractivity contribution in [1.82, 2.24) is 9.78 Å². The van der Waals surface area contributed by atoms with E-state index < -0.39 is 15.7 Å². The zero-order valence-electron chi connectivity index (χ0n) is 16.8. The molecule has 31 heavy (non-hydrogen) atoms. The third-order valence-corrected chi connectivity index (χ3v) is 5.45. The number of amides is 2. The third kappa shape index (κ3) is 6.16. The summed E-state index contributed by atoms with van der Waals surface area (Å²) in [5.41, 5.74) is 6.72. The first kappa shape index (κ1) is 22.0. The van der Waals surface area contributed by atoms with E-state index in [-0.39, 0.29) is 22.9 Å². The van der Waals surface area contributed by atoms with E-state index >= 15 is 0 Å². The van der Waals surface area contributed by atoms with Crippen LogP contribution < -0.4 is 15.8 Å². The molecule has 1 aromatic heterocycles. The second kappa shape index (κ2) is 9.43. The number of carbonyl (C=O) groups excluding carboxylic acids is 2. The fourth-order valence-corrected chi connectivity index (χ4v) is 3.36. The number of rotatable bonds is 9. The van der Waals surface area contributed by atoms with Crippen LogP contribution in [-0.4, -0.2) is 42.9 Å². The Hall–Kier alpha value is -3.66. The summed E-state index contributed by atoms with van der Waals surface area (Å²) >= 11 is 0. The topological polar surface area (TPSA) is 133 Å². The van der Waals surface area contributed by atoms with Crippen LogP contribution in [0.2, 0.25) is 0 Å². The first-order chi connectivity index (χ1) is 14.7. The summed E-state index contributed by atoms with van der Waals surface area (Å²) in [7, 11) is -3.24. The van der Waals surface area contributed by atoms with Crippen LogP contribution in [0.25, 0.3) is 5.69 Å². The highest BCUT2D eigenvalue weighted by molar-refractivity contribution is 7.90. The second-order valence-corrected chi connectivity index (χ2v) is 8.82. The summed E-state index contributed by atoms with van der Waals surface area (Å²) in [6.07, 6.45) is 3.54. The average molecular weight is 442 g/mol. The molecule has 10 heteroatoms. The van der Waals surface area contributed by atoms with Crippen LogP contribution in [0.5, 0.6) is 5.75 Å². The van der Waals surface area contributed by atoms with Gasteiger partial charge >= 0.3 is 0 Å². The summed E-state index contributed by atoms with van der Waals surface area (Å²) < 4.78 is 29.9. The van der Waals surface area contributed by atoms with Crippen molar-refractivity contribution in [1.29, 1.82) is 0 Å². The molecule has 0 radical (unpaired) electrons. The third-order valence-electron chi connectivity index (χ3n) is 4.33. The maximum absolute atomic E-state index is 12.1. The van der Waals surface area contributed by atoms with Crippen LogP contribution in [-0.2, 0) is 14.6 Å². The van der Waals surface area contributed by atoms with Crippen LogP contribution >= 0.6 is 0 Å². The Morgan fingerprint density at radius 1 is 1.06 bits per heavy atom. The minimum Gasteiger partial charge on any atom is -0.494 e. The van der Waals surface area contributed by atoms with E-state index in [1.807, 2.05) is 0 Å². The molecule has 162 valence electrons. The van der Waals surface area contributed by atoms with Gasteiger partial charge < -0.3 is 15.8 Å². The van der Waals surface area contributed by atoms with Crippen LogP contribution in [0.15, 0.2) is 65.7 Å². The molecule has 1 heterocycles. The molecule has 0 aliphatic rings. The molecule has 0 saturated carbocycles. The monoisotopic (exact) mass is 442 g/mol. The Morgan fingerprint density at radius 2 is 1.74 bits per heavy atom. The zero-order chi connectivity index (χ0) is 22.4. The van der Waals surface area contributed by atoms with E-state index in [9.17, 15) is 18.0 Å². The number of hydrogen-bond donors (Lipinski definition) is 2. The number of sulfone groups is 1. The molecule has 0 spiro atoms. The number of nitrogens with zero attached hydrogens (tertiary/aromatic N) is 2. The predicted molar refractivity (Wildman–Crippen MR) is 115 cm³/mol. The van der Waals surface area contributed by atoms with Crippen LogP contribution in [0.4, 0.5) is 5.69 Å². The van der Waals surface area contributed by atoms with Gasteiger partial charge in [-0.1, -0.05) is 0 Å². The molecule has 0 aliphatic heterocycles. The fourth-order valence-electron chi connectivity index (χ4n) is 2.73. The lowest BCUT2D eigenvalue weighted by atomic mass is 10.2. The smallest absolute Gasteiger partial charge is 0.269 e.